The number of ketones is 1. The summed E-state index contributed by atoms with van der Waals surface area (Å²) in [5, 5.41) is 2.35. The molecule has 1 amide bonds. The number of benzene rings is 2. The Bertz CT molecular complexity index is 1010. The lowest BCUT2D eigenvalue weighted by molar-refractivity contribution is -0.116. The molecule has 28 heavy (non-hydrogen) atoms. The standard InChI is InChI=1S/C21H24N2O4S/c1-14(2)28(26,27)22-12-6-5-9-20(24)23-15-10-11-17-16-7-3-4-8-18(16)21(25)19(17)13-15/h3-4,7-8,10-11,13-14,22H,5-6,9,12H2,1-2H3,(H,23,24). The molecule has 0 heterocycles. The maximum atomic E-state index is 12.5. The fraction of sp³-hybridized carbons (Fsp3) is 0.333. The molecule has 2 aromatic rings. The molecule has 1 aliphatic carbocycles. The summed E-state index contributed by atoms with van der Waals surface area (Å²) in [5.41, 5.74) is 3.68. The van der Waals surface area contributed by atoms with E-state index in [-0.39, 0.29) is 18.1 Å². The van der Waals surface area contributed by atoms with E-state index in [0.29, 0.717) is 36.2 Å². The Morgan fingerprint density at radius 3 is 2.36 bits per heavy atom. The van der Waals surface area contributed by atoms with Crippen LogP contribution in [-0.4, -0.2) is 31.9 Å². The molecule has 6 nitrogen and oxygen atoms in total. The average molecular weight is 401 g/mol. The minimum Gasteiger partial charge on any atom is -0.326 e. The number of fused-ring (bicyclic) bond motifs is 3. The van der Waals surface area contributed by atoms with Crippen LogP contribution in [0.5, 0.6) is 0 Å². The van der Waals surface area contributed by atoms with Crippen LogP contribution < -0.4 is 10.0 Å². The number of carbonyl (C=O) groups excluding carboxylic acids is 2. The van der Waals surface area contributed by atoms with E-state index < -0.39 is 15.3 Å². The van der Waals surface area contributed by atoms with E-state index >= 15 is 0 Å². The maximum Gasteiger partial charge on any atom is 0.224 e. The van der Waals surface area contributed by atoms with Crippen molar-refractivity contribution in [2.75, 3.05) is 11.9 Å². The van der Waals surface area contributed by atoms with Gasteiger partial charge in [0.25, 0.3) is 0 Å². The van der Waals surface area contributed by atoms with Crippen LogP contribution >= 0.6 is 0 Å². The lowest BCUT2D eigenvalue weighted by Gasteiger charge is -2.09. The maximum absolute atomic E-state index is 12.5. The van der Waals surface area contributed by atoms with Crippen molar-refractivity contribution in [3.05, 3.63) is 53.6 Å². The fourth-order valence-corrected chi connectivity index (χ4v) is 3.88. The Morgan fingerprint density at radius 2 is 1.64 bits per heavy atom. The number of rotatable bonds is 8. The molecule has 0 unspecified atom stereocenters. The highest BCUT2D eigenvalue weighted by Crippen LogP contribution is 2.37. The summed E-state index contributed by atoms with van der Waals surface area (Å²) in [6, 6.07) is 12.8. The predicted molar refractivity (Wildman–Crippen MR) is 110 cm³/mol. The molecule has 2 N–H and O–H groups in total. The van der Waals surface area contributed by atoms with Gasteiger partial charge in [-0.2, -0.15) is 0 Å². The fourth-order valence-electron chi connectivity index (χ4n) is 3.12. The number of unbranched alkanes of at least 4 members (excludes halogenated alkanes) is 1. The number of sulfonamides is 1. The van der Waals surface area contributed by atoms with E-state index in [1.807, 2.05) is 30.3 Å². The SMILES string of the molecule is CC(C)S(=O)(=O)NCCCCC(=O)Nc1ccc2c(c1)C(=O)c1ccccc1-2. The first kappa shape index (κ1) is 20.2. The Morgan fingerprint density at radius 1 is 0.964 bits per heavy atom. The summed E-state index contributed by atoms with van der Waals surface area (Å²) in [6.45, 7) is 3.56. The molecule has 0 aromatic heterocycles. The minimum atomic E-state index is -3.26. The zero-order chi connectivity index (χ0) is 20.3. The van der Waals surface area contributed by atoms with Crippen LogP contribution in [0.4, 0.5) is 5.69 Å². The van der Waals surface area contributed by atoms with Gasteiger partial charge in [-0.3, -0.25) is 9.59 Å². The first-order valence-electron chi connectivity index (χ1n) is 9.36. The van der Waals surface area contributed by atoms with E-state index in [4.69, 9.17) is 0 Å². The van der Waals surface area contributed by atoms with E-state index in [1.54, 1.807) is 26.0 Å². The van der Waals surface area contributed by atoms with E-state index in [2.05, 4.69) is 10.0 Å². The number of amides is 1. The third-order valence-electron chi connectivity index (χ3n) is 4.76. The molecule has 0 fully saturated rings. The third kappa shape index (κ3) is 4.31. The molecule has 148 valence electrons. The molecule has 3 rings (SSSR count). The van der Waals surface area contributed by atoms with Gasteiger partial charge in [0.15, 0.2) is 5.78 Å². The molecular formula is C21H24N2O4S. The number of hydrogen-bond acceptors (Lipinski definition) is 4. The molecule has 0 bridgehead atoms. The van der Waals surface area contributed by atoms with Gasteiger partial charge in [-0.15, -0.1) is 0 Å². The van der Waals surface area contributed by atoms with Crippen molar-refractivity contribution in [1.82, 2.24) is 4.72 Å². The van der Waals surface area contributed by atoms with Gasteiger partial charge in [0.1, 0.15) is 0 Å². The molecule has 0 radical (unpaired) electrons. The van der Waals surface area contributed by atoms with Crippen LogP contribution in [-0.2, 0) is 14.8 Å². The third-order valence-corrected chi connectivity index (χ3v) is 6.61. The number of hydrogen-bond donors (Lipinski definition) is 2. The molecule has 0 aliphatic heterocycles. The molecule has 7 heteroatoms. The summed E-state index contributed by atoms with van der Waals surface area (Å²) >= 11 is 0. The highest BCUT2D eigenvalue weighted by molar-refractivity contribution is 7.90. The Hall–Kier alpha value is -2.51. The summed E-state index contributed by atoms with van der Waals surface area (Å²) in [4.78, 5) is 24.7. The zero-order valence-corrected chi connectivity index (χ0v) is 16.8. The summed E-state index contributed by atoms with van der Waals surface area (Å²) in [6.07, 6.45) is 1.44. The summed E-state index contributed by atoms with van der Waals surface area (Å²) in [5.74, 6) is -0.186. The van der Waals surface area contributed by atoms with Gasteiger partial charge >= 0.3 is 0 Å². The smallest absolute Gasteiger partial charge is 0.224 e. The van der Waals surface area contributed by atoms with Gasteiger partial charge in [0.2, 0.25) is 15.9 Å². The van der Waals surface area contributed by atoms with Gasteiger partial charge in [-0.1, -0.05) is 30.3 Å². The molecule has 0 atom stereocenters. The van der Waals surface area contributed by atoms with Gasteiger partial charge in [-0.05, 0) is 49.9 Å². The molecule has 0 saturated heterocycles. The quantitative estimate of drug-likeness (QED) is 0.567. The first-order valence-corrected chi connectivity index (χ1v) is 10.9. The van der Waals surface area contributed by atoms with Crippen LogP contribution in [0.2, 0.25) is 0 Å². The summed E-state index contributed by atoms with van der Waals surface area (Å²) < 4.78 is 25.8. The van der Waals surface area contributed by atoms with Crippen LogP contribution in [0.3, 0.4) is 0 Å². The Balaban J connectivity index is 1.52. The molecule has 1 aliphatic rings. The highest BCUT2D eigenvalue weighted by atomic mass is 32.2. The van der Waals surface area contributed by atoms with Gasteiger partial charge < -0.3 is 5.32 Å². The van der Waals surface area contributed by atoms with E-state index in [9.17, 15) is 18.0 Å². The average Bonchev–Trinajstić information content (AvgIpc) is 2.94. The van der Waals surface area contributed by atoms with Crippen LogP contribution in [0, 0.1) is 0 Å². The molecular weight excluding hydrogens is 376 g/mol. The van der Waals surface area contributed by atoms with E-state index in [1.165, 1.54) is 0 Å². The number of nitrogens with one attached hydrogen (secondary N) is 2. The second-order valence-corrected chi connectivity index (χ2v) is 9.45. The normalized spacial score (nSPS) is 12.8. The van der Waals surface area contributed by atoms with Crippen molar-refractivity contribution < 1.29 is 18.0 Å². The summed E-state index contributed by atoms with van der Waals surface area (Å²) in [7, 11) is -3.26. The molecule has 0 saturated carbocycles. The van der Waals surface area contributed by atoms with Gasteiger partial charge in [-0.25, -0.2) is 13.1 Å². The van der Waals surface area contributed by atoms with Crippen LogP contribution in [0.1, 0.15) is 49.0 Å². The van der Waals surface area contributed by atoms with E-state index in [0.717, 1.165) is 11.1 Å². The number of carbonyl (C=O) groups is 2. The highest BCUT2D eigenvalue weighted by Gasteiger charge is 2.26. The van der Waals surface area contributed by atoms with Crippen molar-refractivity contribution in [3.8, 4) is 11.1 Å². The van der Waals surface area contributed by atoms with Crippen molar-refractivity contribution >= 4 is 27.4 Å². The van der Waals surface area contributed by atoms with Gasteiger partial charge in [0.05, 0.1) is 5.25 Å². The lowest BCUT2D eigenvalue weighted by Crippen LogP contribution is -2.31. The monoisotopic (exact) mass is 400 g/mol. The van der Waals surface area contributed by atoms with Gasteiger partial charge in [0, 0.05) is 29.8 Å². The molecule has 2 aromatic carbocycles. The topological polar surface area (TPSA) is 92.3 Å². The first-order chi connectivity index (χ1) is 13.3. The van der Waals surface area contributed by atoms with Crippen LogP contribution in [0.25, 0.3) is 11.1 Å². The zero-order valence-electron chi connectivity index (χ0n) is 16.0. The second kappa shape index (κ2) is 8.24. The lowest BCUT2D eigenvalue weighted by atomic mass is 10.1. The number of anilines is 1. The van der Waals surface area contributed by atoms with Crippen molar-refractivity contribution in [1.29, 1.82) is 0 Å². The predicted octanol–water partition coefficient (Wildman–Crippen LogP) is 3.33. The second-order valence-electron chi connectivity index (χ2n) is 7.13. The van der Waals surface area contributed by atoms with Crippen LogP contribution in [0.15, 0.2) is 42.5 Å². The molecule has 0 spiro atoms. The minimum absolute atomic E-state index is 0.0286. The van der Waals surface area contributed by atoms with Crippen molar-refractivity contribution in [3.63, 3.8) is 0 Å². The Labute approximate surface area is 165 Å². The van der Waals surface area contributed by atoms with Crippen molar-refractivity contribution in [2.45, 2.75) is 38.4 Å². The Kier molecular flexibility index (Phi) is 5.96. The van der Waals surface area contributed by atoms with Crippen molar-refractivity contribution in [2.24, 2.45) is 0 Å². The largest absolute Gasteiger partial charge is 0.326 e.